The molecule has 0 amide bonds. The van der Waals surface area contributed by atoms with E-state index >= 15 is 0 Å². The topological polar surface area (TPSA) is 33.5 Å². The summed E-state index contributed by atoms with van der Waals surface area (Å²) in [7, 11) is 0. The molecule has 6 heteroatoms. The number of rotatable bonds is 8. The van der Waals surface area contributed by atoms with Crippen LogP contribution in [0, 0.1) is 18.8 Å². The normalized spacial score (nSPS) is 13.1. The third-order valence-electron chi connectivity index (χ3n) is 14.7. The van der Waals surface area contributed by atoms with Crippen LogP contribution in [-0.4, -0.2) is 9.55 Å². The van der Waals surface area contributed by atoms with E-state index in [1.807, 2.05) is 24.4 Å². The van der Waals surface area contributed by atoms with E-state index in [1.165, 1.54) is 44.5 Å². The van der Waals surface area contributed by atoms with E-state index in [0.29, 0.717) is 11.5 Å². The maximum absolute atomic E-state index is 6.82. The Morgan fingerprint density at radius 1 is 0.447 bits per heavy atom. The van der Waals surface area contributed by atoms with Crippen LogP contribution in [0.25, 0.3) is 61.0 Å². The summed E-state index contributed by atoms with van der Waals surface area (Å²) in [6.45, 7) is 29.9. The van der Waals surface area contributed by atoms with Gasteiger partial charge in [-0.25, -0.2) is 4.98 Å². The van der Waals surface area contributed by atoms with Crippen LogP contribution in [0.15, 0.2) is 182 Å². The van der Waals surface area contributed by atoms with Gasteiger partial charge in [0.1, 0.15) is 5.82 Å². The van der Waals surface area contributed by atoms with Gasteiger partial charge in [-0.15, -0.1) is 48.1 Å². The van der Waals surface area contributed by atoms with Gasteiger partial charge in [-0.1, -0.05) is 192 Å². The van der Waals surface area contributed by atoms with Gasteiger partial charge >= 0.3 is 0 Å². The Bertz CT molecular complexity index is 3740. The summed E-state index contributed by atoms with van der Waals surface area (Å²) in [6, 6.07) is 70.5. The molecular weight excluding hydrogens is 1110 g/mol. The monoisotopic (exact) mass is 1170 g/mol. The minimum absolute atomic E-state index is 0. The van der Waals surface area contributed by atoms with E-state index in [4.69, 9.17) is 9.72 Å². The second-order valence-corrected chi connectivity index (χ2v) is 24.3. The van der Waals surface area contributed by atoms with Gasteiger partial charge in [0.2, 0.25) is 0 Å². The second kappa shape index (κ2) is 19.7. The fourth-order valence-corrected chi connectivity index (χ4v) is 10.5. The van der Waals surface area contributed by atoms with E-state index in [0.717, 1.165) is 61.5 Å². The molecule has 0 saturated heterocycles. The van der Waals surface area contributed by atoms with Crippen LogP contribution in [0.5, 0.6) is 11.5 Å². The molecule has 0 radical (unpaired) electrons. The number of aromatic nitrogens is 2. The Balaban J connectivity index is 0.00000657. The number of anilines is 4. The molecule has 5 nitrogen and oxygen atoms in total. The molecule has 0 atom stereocenters. The van der Waals surface area contributed by atoms with Crippen molar-refractivity contribution in [1.82, 2.24) is 9.55 Å². The summed E-state index contributed by atoms with van der Waals surface area (Å²) in [5.41, 5.74) is 18.1. The first-order chi connectivity index (χ1) is 35.7. The molecule has 1 aliphatic rings. The molecule has 10 aromatic rings. The number of nitrogens with zero attached hydrogens (tertiary/aromatic N) is 4. The van der Waals surface area contributed by atoms with Gasteiger partial charge in [-0.05, 0) is 125 Å². The molecule has 3 heterocycles. The zero-order chi connectivity index (χ0) is 52.6. The summed E-state index contributed by atoms with van der Waals surface area (Å²) in [4.78, 5) is 9.66. The number of ether oxygens (including phenoxy) is 1. The molecule has 11 rings (SSSR count). The predicted octanol–water partition coefficient (Wildman–Crippen LogP) is 19.2. The fourth-order valence-electron chi connectivity index (χ4n) is 10.5. The number of benzene rings is 8. The summed E-state index contributed by atoms with van der Waals surface area (Å²) in [5.74, 6) is 1.99. The van der Waals surface area contributed by atoms with E-state index in [2.05, 4.69) is 274 Å². The SMILES string of the molecule is CC(C)(C)c1cc(-c2ccccc2)cc(N2[CH-]N(c3[c-]c(Oc4[c-]c5c(cc4)c4cc(-c6ccccc6)ccc4n5-c4cc(-c5c(C(C)(C)C)cc(C(C)(C)C)cc5C(C)(C)C)ccn4)ccc3)c3ccccc32)c1.[Pt]. The van der Waals surface area contributed by atoms with Crippen molar-refractivity contribution < 1.29 is 25.8 Å². The fraction of sp³-hybridized carbons (Fsp3) is 0.229. The van der Waals surface area contributed by atoms with Crippen molar-refractivity contribution in [3.05, 3.63) is 223 Å². The zero-order valence-corrected chi connectivity index (χ0v) is 48.2. The second-order valence-electron chi connectivity index (χ2n) is 24.3. The third-order valence-corrected chi connectivity index (χ3v) is 14.7. The van der Waals surface area contributed by atoms with Crippen LogP contribution < -0.4 is 14.5 Å². The van der Waals surface area contributed by atoms with Gasteiger partial charge in [0, 0.05) is 61.3 Å². The standard InChI is InChI=1S/C70H67N4O.Pt/c1-67(2,3)51-36-50(47-24-17-14-18-25-47)37-54(40-51)73-45-72(62-28-19-20-29-63(62)73)53-26-21-27-55(43-53)75-56-31-32-57-58-38-48(46-22-15-13-16-23-46)30-33-61(58)74(64(57)44-56)65-39-49(34-35-71-65)66-59(69(7,8)9)41-52(68(4,5)6)42-60(66)70(10,11)12;/h13-42,45H,1-12H3;/q-3;. The summed E-state index contributed by atoms with van der Waals surface area (Å²) < 4.78 is 9.08. The van der Waals surface area contributed by atoms with Gasteiger partial charge in [0.05, 0.1) is 0 Å². The smallest absolute Gasteiger partial charge is 0.136 e. The van der Waals surface area contributed by atoms with Crippen LogP contribution in [0.4, 0.5) is 22.7 Å². The van der Waals surface area contributed by atoms with Crippen LogP contribution in [0.3, 0.4) is 0 Å². The van der Waals surface area contributed by atoms with Crippen LogP contribution in [0.1, 0.15) is 105 Å². The first kappa shape index (κ1) is 52.2. The molecule has 1 aliphatic heterocycles. The van der Waals surface area contributed by atoms with Crippen molar-refractivity contribution in [2.45, 2.75) is 105 Å². The molecule has 386 valence electrons. The average Bonchev–Trinajstić information content (AvgIpc) is 4.02. The van der Waals surface area contributed by atoms with Crippen LogP contribution in [0.2, 0.25) is 0 Å². The average molecular weight is 1180 g/mol. The van der Waals surface area contributed by atoms with Crippen molar-refractivity contribution in [3.63, 3.8) is 0 Å². The quantitative estimate of drug-likeness (QED) is 0.142. The molecule has 0 saturated carbocycles. The number of pyridine rings is 1. The summed E-state index contributed by atoms with van der Waals surface area (Å²) in [5, 5.41) is 2.18. The third kappa shape index (κ3) is 10.0. The van der Waals surface area contributed by atoms with E-state index < -0.39 is 0 Å². The van der Waals surface area contributed by atoms with Crippen LogP contribution in [-0.2, 0) is 42.7 Å². The van der Waals surface area contributed by atoms with Crippen molar-refractivity contribution in [2.24, 2.45) is 0 Å². The Hall–Kier alpha value is -7.20. The van der Waals surface area contributed by atoms with E-state index in [9.17, 15) is 0 Å². The Kier molecular flexibility index (Phi) is 13.6. The molecule has 0 bridgehead atoms. The zero-order valence-electron chi connectivity index (χ0n) is 45.9. The summed E-state index contributed by atoms with van der Waals surface area (Å²) >= 11 is 0. The molecule has 0 spiro atoms. The number of fused-ring (bicyclic) bond motifs is 4. The molecule has 0 fully saturated rings. The van der Waals surface area contributed by atoms with Gasteiger partial charge < -0.3 is 19.1 Å². The van der Waals surface area contributed by atoms with E-state index in [-0.39, 0.29) is 42.7 Å². The predicted molar refractivity (Wildman–Crippen MR) is 315 cm³/mol. The molecule has 2 aromatic heterocycles. The molecule has 0 aliphatic carbocycles. The Morgan fingerprint density at radius 2 is 1.04 bits per heavy atom. The molecular formula is C70H67N4OPt-3. The van der Waals surface area contributed by atoms with Gasteiger partial charge in [-0.2, -0.15) is 12.1 Å². The first-order valence-electron chi connectivity index (χ1n) is 26.3. The van der Waals surface area contributed by atoms with Crippen molar-refractivity contribution >= 4 is 44.6 Å². The maximum Gasteiger partial charge on any atom is 0.136 e. The molecule has 0 N–H and O–H groups in total. The van der Waals surface area contributed by atoms with Gasteiger partial charge in [0.25, 0.3) is 0 Å². The van der Waals surface area contributed by atoms with Crippen molar-refractivity contribution in [3.8, 4) is 50.7 Å². The Labute approximate surface area is 465 Å². The maximum atomic E-state index is 6.82. The van der Waals surface area contributed by atoms with Crippen molar-refractivity contribution in [1.29, 1.82) is 0 Å². The molecule has 8 aromatic carbocycles. The van der Waals surface area contributed by atoms with E-state index in [1.54, 1.807) is 0 Å². The van der Waals surface area contributed by atoms with Gasteiger partial charge in [-0.3, -0.25) is 0 Å². The molecule has 76 heavy (non-hydrogen) atoms. The van der Waals surface area contributed by atoms with Gasteiger partial charge in [0.15, 0.2) is 0 Å². The minimum atomic E-state index is -0.116. The minimum Gasteiger partial charge on any atom is -0.509 e. The number of hydrogen-bond donors (Lipinski definition) is 0. The summed E-state index contributed by atoms with van der Waals surface area (Å²) in [6.07, 6.45) is 1.97. The van der Waals surface area contributed by atoms with Crippen LogP contribution >= 0.6 is 0 Å². The molecule has 0 unspecified atom stereocenters. The van der Waals surface area contributed by atoms with Crippen molar-refractivity contribution in [2.75, 3.05) is 9.80 Å². The number of hydrogen-bond acceptors (Lipinski definition) is 4. The first-order valence-corrected chi connectivity index (χ1v) is 26.3. The largest absolute Gasteiger partial charge is 0.509 e. The number of para-hydroxylation sites is 2. The Morgan fingerprint density at radius 3 is 1.67 bits per heavy atom.